The van der Waals surface area contributed by atoms with E-state index in [4.69, 9.17) is 9.15 Å². The van der Waals surface area contributed by atoms with E-state index < -0.39 is 29.4 Å². The molecular weight excluding hydrogens is 498 g/mol. The van der Waals surface area contributed by atoms with Gasteiger partial charge in [-0.3, -0.25) is 14.5 Å². The van der Waals surface area contributed by atoms with Gasteiger partial charge in [-0.25, -0.2) is 9.48 Å². The molecule has 2 heterocycles. The Morgan fingerprint density at radius 3 is 2.54 bits per heavy atom. The van der Waals surface area contributed by atoms with Crippen LogP contribution in [-0.2, 0) is 20.9 Å². The number of rotatable bonds is 10. The van der Waals surface area contributed by atoms with Crippen LogP contribution < -0.4 is 10.2 Å². The van der Waals surface area contributed by atoms with Gasteiger partial charge in [0.15, 0.2) is 6.04 Å². The molecule has 0 aliphatic rings. The second kappa shape index (κ2) is 11.5. The number of esters is 1. The lowest BCUT2D eigenvalue weighted by Crippen LogP contribution is -2.51. The molecule has 0 bridgehead atoms. The molecule has 0 aliphatic carbocycles. The Balaban J connectivity index is 1.84. The smallest absolute Gasteiger partial charge is 0.338 e. The molecule has 1 atom stereocenters. The van der Waals surface area contributed by atoms with Crippen LogP contribution in [0.15, 0.2) is 65.1 Å². The minimum atomic E-state index is -1.16. The summed E-state index contributed by atoms with van der Waals surface area (Å²) >= 11 is 0. The fraction of sp³-hybridized carbons (Fsp3) is 0.345. The van der Waals surface area contributed by atoms with Gasteiger partial charge in [-0.2, -0.15) is 0 Å². The summed E-state index contributed by atoms with van der Waals surface area (Å²) in [4.78, 5) is 41.9. The summed E-state index contributed by atoms with van der Waals surface area (Å²) in [6, 6.07) is 16.0. The van der Waals surface area contributed by atoms with Crippen LogP contribution in [0.4, 0.5) is 5.69 Å². The molecule has 2 amide bonds. The fourth-order valence-electron chi connectivity index (χ4n) is 4.14. The van der Waals surface area contributed by atoms with E-state index in [0.717, 1.165) is 0 Å². The van der Waals surface area contributed by atoms with Gasteiger partial charge in [-0.1, -0.05) is 30.3 Å². The van der Waals surface area contributed by atoms with Gasteiger partial charge < -0.3 is 14.5 Å². The fourth-order valence-corrected chi connectivity index (χ4v) is 4.14. The van der Waals surface area contributed by atoms with Crippen molar-refractivity contribution in [2.24, 2.45) is 0 Å². The predicted molar refractivity (Wildman–Crippen MR) is 146 cm³/mol. The van der Waals surface area contributed by atoms with E-state index in [-0.39, 0.29) is 24.5 Å². The molecule has 0 spiro atoms. The summed E-state index contributed by atoms with van der Waals surface area (Å²) in [5.74, 6) is -0.525. The van der Waals surface area contributed by atoms with Crippen LogP contribution in [0.25, 0.3) is 11.0 Å². The quantitative estimate of drug-likeness (QED) is 0.297. The van der Waals surface area contributed by atoms with Crippen molar-refractivity contribution in [2.45, 2.75) is 59.2 Å². The number of aryl methyl sites for hydroxylation is 1. The molecule has 2 aromatic heterocycles. The van der Waals surface area contributed by atoms with Crippen molar-refractivity contribution in [1.82, 2.24) is 20.3 Å². The van der Waals surface area contributed by atoms with Crippen molar-refractivity contribution in [3.63, 3.8) is 0 Å². The molecular formula is C29H33N5O5. The number of carbonyl (C=O) groups is 3. The molecule has 39 heavy (non-hydrogen) atoms. The van der Waals surface area contributed by atoms with E-state index in [1.807, 2.05) is 39.0 Å². The SMILES string of the molecule is CCOC(=O)c1cccc(N(C(=O)Cn2nnc3ccccc32)[C@@H](C(=O)NC(C)(C)CC)c2ccc(C)o2)c1. The molecule has 0 unspecified atom stereocenters. The van der Waals surface area contributed by atoms with Gasteiger partial charge in [0.05, 0.1) is 17.7 Å². The highest BCUT2D eigenvalue weighted by Crippen LogP contribution is 2.31. The van der Waals surface area contributed by atoms with E-state index in [9.17, 15) is 14.4 Å². The highest BCUT2D eigenvalue weighted by Gasteiger charge is 2.37. The van der Waals surface area contributed by atoms with Crippen molar-refractivity contribution >= 4 is 34.5 Å². The van der Waals surface area contributed by atoms with Crippen LogP contribution in [-0.4, -0.2) is 44.9 Å². The van der Waals surface area contributed by atoms with Gasteiger partial charge in [0, 0.05) is 11.2 Å². The zero-order valence-electron chi connectivity index (χ0n) is 22.8. The van der Waals surface area contributed by atoms with Gasteiger partial charge in [0.2, 0.25) is 5.91 Å². The summed E-state index contributed by atoms with van der Waals surface area (Å²) in [7, 11) is 0. The van der Waals surface area contributed by atoms with Crippen molar-refractivity contribution in [3.8, 4) is 0 Å². The summed E-state index contributed by atoms with van der Waals surface area (Å²) in [6.07, 6.45) is 0.667. The number of nitrogens with zero attached hydrogens (tertiary/aromatic N) is 4. The largest absolute Gasteiger partial charge is 0.464 e. The number of anilines is 1. The van der Waals surface area contributed by atoms with Crippen LogP contribution >= 0.6 is 0 Å². The van der Waals surface area contributed by atoms with Crippen molar-refractivity contribution in [3.05, 3.63) is 77.7 Å². The number of carbonyl (C=O) groups excluding carboxylic acids is 3. The Morgan fingerprint density at radius 1 is 1.08 bits per heavy atom. The third-order valence-corrected chi connectivity index (χ3v) is 6.49. The summed E-state index contributed by atoms with van der Waals surface area (Å²) in [6.45, 7) is 9.26. The third-order valence-electron chi connectivity index (χ3n) is 6.49. The van der Waals surface area contributed by atoms with E-state index in [0.29, 0.717) is 28.9 Å². The predicted octanol–water partition coefficient (Wildman–Crippen LogP) is 4.59. The van der Waals surface area contributed by atoms with Gasteiger partial charge in [-0.15, -0.1) is 5.10 Å². The first-order valence-corrected chi connectivity index (χ1v) is 12.9. The highest BCUT2D eigenvalue weighted by molar-refractivity contribution is 6.02. The lowest BCUT2D eigenvalue weighted by molar-refractivity contribution is -0.128. The maximum absolute atomic E-state index is 14.1. The zero-order chi connectivity index (χ0) is 28.2. The highest BCUT2D eigenvalue weighted by atomic mass is 16.5. The molecule has 4 rings (SSSR count). The number of nitrogens with one attached hydrogen (secondary N) is 1. The Bertz CT molecular complexity index is 1490. The van der Waals surface area contributed by atoms with Gasteiger partial charge in [0.1, 0.15) is 23.6 Å². The molecule has 0 saturated carbocycles. The first kappa shape index (κ1) is 27.6. The number of para-hydroxylation sites is 1. The maximum atomic E-state index is 14.1. The Labute approximate surface area is 226 Å². The lowest BCUT2D eigenvalue weighted by Gasteiger charge is -2.33. The summed E-state index contributed by atoms with van der Waals surface area (Å²) < 4.78 is 12.6. The molecule has 0 aliphatic heterocycles. The van der Waals surface area contributed by atoms with Crippen molar-refractivity contribution < 1.29 is 23.5 Å². The monoisotopic (exact) mass is 531 g/mol. The number of furan rings is 1. The normalized spacial score (nSPS) is 12.2. The Kier molecular flexibility index (Phi) is 8.13. The lowest BCUT2D eigenvalue weighted by atomic mass is 10.0. The first-order valence-electron chi connectivity index (χ1n) is 12.9. The van der Waals surface area contributed by atoms with E-state index in [1.165, 1.54) is 15.6 Å². The van der Waals surface area contributed by atoms with Crippen molar-refractivity contribution in [2.75, 3.05) is 11.5 Å². The van der Waals surface area contributed by atoms with Crippen LogP contribution in [0.2, 0.25) is 0 Å². The number of ether oxygens (including phenoxy) is 1. The minimum Gasteiger partial charge on any atom is -0.464 e. The second-order valence-corrected chi connectivity index (χ2v) is 9.85. The van der Waals surface area contributed by atoms with Crippen LogP contribution in [0.3, 0.4) is 0 Å². The number of benzene rings is 2. The maximum Gasteiger partial charge on any atom is 0.338 e. The number of fused-ring (bicyclic) bond motifs is 1. The Hall–Kier alpha value is -4.47. The molecule has 10 heteroatoms. The summed E-state index contributed by atoms with van der Waals surface area (Å²) in [5.41, 5.74) is 1.36. The van der Waals surface area contributed by atoms with E-state index in [1.54, 1.807) is 50.2 Å². The topological polar surface area (TPSA) is 120 Å². The molecule has 0 saturated heterocycles. The van der Waals surface area contributed by atoms with E-state index in [2.05, 4.69) is 15.6 Å². The van der Waals surface area contributed by atoms with Crippen LogP contribution in [0.1, 0.15) is 62.0 Å². The van der Waals surface area contributed by atoms with E-state index >= 15 is 0 Å². The number of hydrogen-bond acceptors (Lipinski definition) is 7. The molecule has 10 nitrogen and oxygen atoms in total. The van der Waals surface area contributed by atoms with Crippen LogP contribution in [0, 0.1) is 6.92 Å². The minimum absolute atomic E-state index is 0.202. The number of aromatic nitrogens is 3. The molecule has 0 radical (unpaired) electrons. The average Bonchev–Trinajstić information content (AvgIpc) is 3.53. The van der Waals surface area contributed by atoms with Gasteiger partial charge >= 0.3 is 5.97 Å². The van der Waals surface area contributed by atoms with Gasteiger partial charge in [0.25, 0.3) is 5.91 Å². The number of amides is 2. The Morgan fingerprint density at radius 2 is 1.85 bits per heavy atom. The standard InChI is InChI=1S/C29H33N5O5/c1-6-29(4,5)30-27(36)26(24-16-15-19(3)39-24)34(21-12-10-11-20(17-21)28(37)38-7-2)25(35)18-33-23-14-9-8-13-22(23)31-32-33/h8-17,26H,6-7,18H2,1-5H3,(H,30,36)/t26-/m1/s1. The molecule has 4 aromatic rings. The summed E-state index contributed by atoms with van der Waals surface area (Å²) in [5, 5.41) is 11.3. The molecule has 0 fully saturated rings. The zero-order valence-corrected chi connectivity index (χ0v) is 22.8. The molecule has 204 valence electrons. The second-order valence-electron chi connectivity index (χ2n) is 9.85. The molecule has 1 N–H and O–H groups in total. The molecule has 2 aromatic carbocycles. The number of hydrogen-bond donors (Lipinski definition) is 1. The average molecular weight is 532 g/mol. The third kappa shape index (κ3) is 6.17. The van der Waals surface area contributed by atoms with Gasteiger partial charge in [-0.05, 0) is 76.6 Å². The van der Waals surface area contributed by atoms with Crippen LogP contribution in [0.5, 0.6) is 0 Å². The first-order chi connectivity index (χ1) is 18.6. The van der Waals surface area contributed by atoms with Crippen molar-refractivity contribution in [1.29, 1.82) is 0 Å².